The van der Waals surface area contributed by atoms with E-state index in [4.69, 9.17) is 14.0 Å². The van der Waals surface area contributed by atoms with Crippen LogP contribution < -0.4 is 0 Å². The van der Waals surface area contributed by atoms with Crippen LogP contribution in [0.15, 0.2) is 27.3 Å². The van der Waals surface area contributed by atoms with Gasteiger partial charge < -0.3 is 14.0 Å². The lowest BCUT2D eigenvalue weighted by atomic mass is 10.3. The number of aliphatic carboxylic acids is 1. The van der Waals surface area contributed by atoms with Crippen molar-refractivity contribution in [2.24, 2.45) is 0 Å². The molecule has 84 valence electrons. The summed E-state index contributed by atoms with van der Waals surface area (Å²) in [6.07, 6.45) is 2.26. The van der Waals surface area contributed by atoms with Gasteiger partial charge in [0, 0.05) is 6.42 Å². The molecule has 0 atom stereocenters. The number of rotatable bonds is 5. The molecule has 16 heavy (non-hydrogen) atoms. The first-order valence-corrected chi connectivity index (χ1v) is 4.79. The van der Waals surface area contributed by atoms with E-state index in [1.165, 1.54) is 0 Å². The van der Waals surface area contributed by atoms with Gasteiger partial charge in [-0.15, -0.1) is 0 Å². The molecule has 6 heteroatoms. The van der Waals surface area contributed by atoms with Crippen molar-refractivity contribution in [1.82, 2.24) is 10.1 Å². The Morgan fingerprint density at radius 1 is 1.50 bits per heavy atom. The van der Waals surface area contributed by atoms with Gasteiger partial charge in [-0.1, -0.05) is 5.16 Å². The molecule has 0 saturated carbocycles. The van der Waals surface area contributed by atoms with Gasteiger partial charge in [-0.3, -0.25) is 4.79 Å². The number of furan rings is 1. The van der Waals surface area contributed by atoms with Crippen molar-refractivity contribution in [2.75, 3.05) is 0 Å². The topological polar surface area (TPSA) is 89.4 Å². The maximum absolute atomic E-state index is 10.3. The van der Waals surface area contributed by atoms with Gasteiger partial charge in [0.05, 0.1) is 19.1 Å². The summed E-state index contributed by atoms with van der Waals surface area (Å²) in [6, 6.07) is 3.58. The SMILES string of the molecule is O=C(O)CCc1noc(Cc2ccco2)n1. The Bertz CT molecular complexity index is 461. The summed E-state index contributed by atoms with van der Waals surface area (Å²) < 4.78 is 10.1. The average molecular weight is 222 g/mol. The first-order chi connectivity index (χ1) is 7.74. The van der Waals surface area contributed by atoms with Gasteiger partial charge in [-0.05, 0) is 12.1 Å². The molecule has 0 saturated heterocycles. The minimum absolute atomic E-state index is 0.000273. The lowest BCUT2D eigenvalue weighted by molar-refractivity contribution is -0.137. The molecule has 0 radical (unpaired) electrons. The minimum atomic E-state index is -0.877. The normalized spacial score (nSPS) is 10.5. The van der Waals surface area contributed by atoms with Gasteiger partial charge in [0.15, 0.2) is 5.82 Å². The molecule has 0 fully saturated rings. The quantitative estimate of drug-likeness (QED) is 0.819. The molecule has 0 amide bonds. The Morgan fingerprint density at radius 3 is 3.06 bits per heavy atom. The Balaban J connectivity index is 1.94. The van der Waals surface area contributed by atoms with Crippen LogP contribution in [0, 0.1) is 0 Å². The molecule has 2 aromatic rings. The molecule has 1 N–H and O–H groups in total. The number of nitrogens with zero attached hydrogens (tertiary/aromatic N) is 2. The largest absolute Gasteiger partial charge is 0.481 e. The molecule has 0 unspecified atom stereocenters. The van der Waals surface area contributed by atoms with Gasteiger partial charge in [-0.25, -0.2) is 0 Å². The number of carboxylic acids is 1. The second kappa shape index (κ2) is 4.61. The van der Waals surface area contributed by atoms with Crippen LogP contribution in [-0.2, 0) is 17.6 Å². The Morgan fingerprint density at radius 2 is 2.38 bits per heavy atom. The van der Waals surface area contributed by atoms with Crippen molar-refractivity contribution in [3.8, 4) is 0 Å². The highest BCUT2D eigenvalue weighted by Crippen LogP contribution is 2.08. The number of aryl methyl sites for hydroxylation is 1. The van der Waals surface area contributed by atoms with Gasteiger partial charge >= 0.3 is 5.97 Å². The summed E-state index contributed by atoms with van der Waals surface area (Å²) in [5.74, 6) is 0.685. The summed E-state index contributed by atoms with van der Waals surface area (Å²) in [5, 5.41) is 12.2. The first kappa shape index (κ1) is 10.4. The maximum Gasteiger partial charge on any atom is 0.303 e. The lowest BCUT2D eigenvalue weighted by Crippen LogP contribution is -1.98. The molecule has 0 aromatic carbocycles. The zero-order valence-corrected chi connectivity index (χ0v) is 8.42. The van der Waals surface area contributed by atoms with Crippen LogP contribution in [0.2, 0.25) is 0 Å². The molecule has 0 bridgehead atoms. The number of hydrogen-bond donors (Lipinski definition) is 1. The molecule has 6 nitrogen and oxygen atoms in total. The van der Waals surface area contributed by atoms with E-state index in [1.54, 1.807) is 18.4 Å². The van der Waals surface area contributed by atoms with E-state index >= 15 is 0 Å². The van der Waals surface area contributed by atoms with Crippen molar-refractivity contribution < 1.29 is 18.8 Å². The highest BCUT2D eigenvalue weighted by Gasteiger charge is 2.09. The van der Waals surface area contributed by atoms with Crippen molar-refractivity contribution in [3.05, 3.63) is 35.9 Å². The third-order valence-electron chi connectivity index (χ3n) is 1.98. The molecular weight excluding hydrogens is 212 g/mol. The van der Waals surface area contributed by atoms with Crippen molar-refractivity contribution >= 4 is 5.97 Å². The standard InChI is InChI=1S/C10H10N2O4/c13-10(14)4-3-8-11-9(16-12-8)6-7-2-1-5-15-7/h1-2,5H,3-4,6H2,(H,13,14). The van der Waals surface area contributed by atoms with Gasteiger partial charge in [0.25, 0.3) is 0 Å². The molecule has 0 aliphatic heterocycles. The predicted octanol–water partition coefficient (Wildman–Crippen LogP) is 1.27. The third kappa shape index (κ3) is 2.69. The van der Waals surface area contributed by atoms with E-state index in [9.17, 15) is 4.79 Å². The van der Waals surface area contributed by atoms with Crippen molar-refractivity contribution in [2.45, 2.75) is 19.3 Å². The Labute approximate surface area is 90.9 Å². The molecule has 0 aliphatic rings. The maximum atomic E-state index is 10.3. The lowest BCUT2D eigenvalue weighted by Gasteiger charge is -1.88. The van der Waals surface area contributed by atoms with Crippen LogP contribution in [-0.4, -0.2) is 21.2 Å². The first-order valence-electron chi connectivity index (χ1n) is 4.79. The average Bonchev–Trinajstić information content (AvgIpc) is 2.87. The monoisotopic (exact) mass is 222 g/mol. The fraction of sp³-hybridized carbons (Fsp3) is 0.300. The minimum Gasteiger partial charge on any atom is -0.481 e. The van der Waals surface area contributed by atoms with E-state index in [2.05, 4.69) is 10.1 Å². The zero-order chi connectivity index (χ0) is 11.4. The smallest absolute Gasteiger partial charge is 0.303 e. The fourth-order valence-electron chi connectivity index (χ4n) is 1.24. The van der Waals surface area contributed by atoms with Gasteiger partial charge in [-0.2, -0.15) is 4.98 Å². The highest BCUT2D eigenvalue weighted by atomic mass is 16.5. The van der Waals surface area contributed by atoms with Crippen molar-refractivity contribution in [3.63, 3.8) is 0 Å². The van der Waals surface area contributed by atoms with E-state index < -0.39 is 5.97 Å². The van der Waals surface area contributed by atoms with Crippen LogP contribution in [0.25, 0.3) is 0 Å². The number of hydrogen-bond acceptors (Lipinski definition) is 5. The number of carboxylic acid groups (broad SMARTS) is 1. The third-order valence-corrected chi connectivity index (χ3v) is 1.98. The second-order valence-electron chi connectivity index (χ2n) is 3.25. The number of aromatic nitrogens is 2. The van der Waals surface area contributed by atoms with Gasteiger partial charge in [0.2, 0.25) is 5.89 Å². The summed E-state index contributed by atoms with van der Waals surface area (Å²) in [7, 11) is 0. The predicted molar refractivity (Wildman–Crippen MR) is 51.8 cm³/mol. The Hall–Kier alpha value is -2.11. The summed E-state index contributed by atoms with van der Waals surface area (Å²) in [6.45, 7) is 0. The van der Waals surface area contributed by atoms with E-state index in [-0.39, 0.29) is 12.8 Å². The molecule has 0 aliphatic carbocycles. The number of carbonyl (C=O) groups is 1. The second-order valence-corrected chi connectivity index (χ2v) is 3.25. The molecule has 2 rings (SSSR count). The molecular formula is C10H10N2O4. The van der Waals surface area contributed by atoms with E-state index in [1.807, 2.05) is 0 Å². The summed E-state index contributed by atoms with van der Waals surface area (Å²) in [4.78, 5) is 14.4. The van der Waals surface area contributed by atoms with E-state index in [0.717, 1.165) is 5.76 Å². The van der Waals surface area contributed by atoms with Gasteiger partial charge in [0.1, 0.15) is 5.76 Å². The van der Waals surface area contributed by atoms with Crippen LogP contribution in [0.1, 0.15) is 23.9 Å². The summed E-state index contributed by atoms with van der Waals surface area (Å²) in [5.41, 5.74) is 0. The fourth-order valence-corrected chi connectivity index (χ4v) is 1.24. The molecule has 2 heterocycles. The van der Waals surface area contributed by atoms with E-state index in [0.29, 0.717) is 18.1 Å². The Kier molecular flexibility index (Phi) is 3.00. The van der Waals surface area contributed by atoms with Crippen LogP contribution in [0.3, 0.4) is 0 Å². The zero-order valence-electron chi connectivity index (χ0n) is 8.42. The van der Waals surface area contributed by atoms with Crippen LogP contribution >= 0.6 is 0 Å². The van der Waals surface area contributed by atoms with Crippen molar-refractivity contribution in [1.29, 1.82) is 0 Å². The highest BCUT2D eigenvalue weighted by molar-refractivity contribution is 5.66. The summed E-state index contributed by atoms with van der Waals surface area (Å²) >= 11 is 0. The molecule has 0 spiro atoms. The van der Waals surface area contributed by atoms with Crippen LogP contribution in [0.5, 0.6) is 0 Å². The molecule has 2 aromatic heterocycles. The van der Waals surface area contributed by atoms with Crippen LogP contribution in [0.4, 0.5) is 0 Å².